The van der Waals surface area contributed by atoms with Gasteiger partial charge in [-0.05, 0) is 57.2 Å². The van der Waals surface area contributed by atoms with Crippen molar-refractivity contribution in [1.82, 2.24) is 9.78 Å². The number of benzene rings is 1. The first-order valence-electron chi connectivity index (χ1n) is 8.76. The predicted molar refractivity (Wildman–Crippen MR) is 102 cm³/mol. The molecule has 2 heterocycles. The summed E-state index contributed by atoms with van der Waals surface area (Å²) in [5, 5.41) is 6.73. The van der Waals surface area contributed by atoms with Gasteiger partial charge in [0, 0.05) is 24.0 Å². The minimum Gasteiger partial charge on any atom is -0.459 e. The number of hydrogen-bond donors (Lipinski definition) is 1. The van der Waals surface area contributed by atoms with E-state index in [2.05, 4.69) is 36.1 Å². The van der Waals surface area contributed by atoms with Crippen LogP contribution >= 0.6 is 0 Å². The van der Waals surface area contributed by atoms with E-state index in [1.807, 2.05) is 24.3 Å². The second-order valence-corrected chi connectivity index (χ2v) is 6.28. The highest BCUT2D eigenvalue weighted by Crippen LogP contribution is 2.20. The molecule has 0 bridgehead atoms. The Kier molecular flexibility index (Phi) is 5.44. The van der Waals surface area contributed by atoms with Crippen LogP contribution in [0.15, 0.2) is 56.3 Å². The van der Waals surface area contributed by atoms with Gasteiger partial charge in [0.25, 0.3) is 5.89 Å². The fraction of sp³-hybridized carbons (Fsp3) is 0.316. The first-order valence-corrected chi connectivity index (χ1v) is 8.76. The Hall–Kier alpha value is -3.29. The average molecular weight is 370 g/mol. The van der Waals surface area contributed by atoms with E-state index >= 15 is 0 Å². The molecule has 3 aromatic rings. The van der Waals surface area contributed by atoms with Crippen LogP contribution in [-0.2, 0) is 11.3 Å². The lowest BCUT2D eigenvalue weighted by molar-refractivity contribution is -0.117. The Balaban J connectivity index is 1.65. The van der Waals surface area contributed by atoms with Crippen molar-refractivity contribution in [2.24, 2.45) is 0 Å². The third-order valence-corrected chi connectivity index (χ3v) is 4.08. The molecule has 0 saturated carbocycles. The first kappa shape index (κ1) is 18.5. The van der Waals surface area contributed by atoms with E-state index in [4.69, 9.17) is 8.83 Å². The van der Waals surface area contributed by atoms with Gasteiger partial charge in [0.2, 0.25) is 5.91 Å². The summed E-state index contributed by atoms with van der Waals surface area (Å²) in [6.45, 7) is 7.01. The van der Waals surface area contributed by atoms with Crippen molar-refractivity contribution in [2.75, 3.05) is 16.8 Å². The van der Waals surface area contributed by atoms with E-state index in [-0.39, 0.29) is 18.3 Å². The molecule has 3 rings (SSSR count). The topological polar surface area (TPSA) is 93.5 Å². The molecule has 0 saturated heterocycles. The van der Waals surface area contributed by atoms with Crippen molar-refractivity contribution < 1.29 is 13.6 Å². The largest absolute Gasteiger partial charge is 0.459 e. The van der Waals surface area contributed by atoms with Gasteiger partial charge in [-0.15, -0.1) is 5.10 Å². The number of rotatable bonds is 7. The SMILES string of the molecule is CCN(c1ccc(NC(=O)Cn2nc(-c3ccco3)oc2=O)cc1)C(C)C. The number of carbonyl (C=O) groups excluding carboxylic acids is 1. The molecule has 0 atom stereocenters. The summed E-state index contributed by atoms with van der Waals surface area (Å²) in [7, 11) is 0. The molecule has 0 fully saturated rings. The molecule has 8 heteroatoms. The highest BCUT2D eigenvalue weighted by atomic mass is 16.4. The fourth-order valence-electron chi connectivity index (χ4n) is 2.82. The molecular weight excluding hydrogens is 348 g/mol. The summed E-state index contributed by atoms with van der Waals surface area (Å²) in [5.74, 6) is -0.731. The lowest BCUT2D eigenvalue weighted by atomic mass is 10.2. The number of furan rings is 1. The van der Waals surface area contributed by atoms with E-state index in [1.54, 1.807) is 12.1 Å². The molecule has 2 aromatic heterocycles. The van der Waals surface area contributed by atoms with Gasteiger partial charge < -0.3 is 19.1 Å². The molecule has 8 nitrogen and oxygen atoms in total. The fourth-order valence-corrected chi connectivity index (χ4v) is 2.82. The van der Waals surface area contributed by atoms with Crippen LogP contribution in [0.4, 0.5) is 11.4 Å². The van der Waals surface area contributed by atoms with Crippen LogP contribution in [0.25, 0.3) is 11.7 Å². The predicted octanol–water partition coefficient (Wildman–Crippen LogP) is 2.97. The summed E-state index contributed by atoms with van der Waals surface area (Å²) in [5.41, 5.74) is 1.73. The summed E-state index contributed by atoms with van der Waals surface area (Å²) in [6, 6.07) is 11.2. The maximum absolute atomic E-state index is 12.2. The first-order chi connectivity index (χ1) is 13.0. The van der Waals surface area contributed by atoms with Gasteiger partial charge in [0.1, 0.15) is 6.54 Å². The highest BCUT2D eigenvalue weighted by Gasteiger charge is 2.15. The zero-order valence-corrected chi connectivity index (χ0v) is 15.5. The van der Waals surface area contributed by atoms with Crippen molar-refractivity contribution >= 4 is 17.3 Å². The van der Waals surface area contributed by atoms with Crippen LogP contribution in [0.2, 0.25) is 0 Å². The standard InChI is InChI=1S/C19H22N4O4/c1-4-22(13(2)3)15-9-7-14(8-10-15)20-17(24)12-23-19(25)27-18(21-23)16-6-5-11-26-16/h5-11,13H,4,12H2,1-3H3,(H,20,24). The third kappa shape index (κ3) is 4.28. The van der Waals surface area contributed by atoms with Crippen LogP contribution in [-0.4, -0.2) is 28.3 Å². The Labute approximate surface area is 156 Å². The quantitative estimate of drug-likeness (QED) is 0.687. The number of nitrogens with zero attached hydrogens (tertiary/aromatic N) is 3. The van der Waals surface area contributed by atoms with Gasteiger partial charge in [-0.1, -0.05) is 0 Å². The summed E-state index contributed by atoms with van der Waals surface area (Å²) >= 11 is 0. The molecule has 27 heavy (non-hydrogen) atoms. The Morgan fingerprint density at radius 2 is 2.00 bits per heavy atom. The summed E-state index contributed by atoms with van der Waals surface area (Å²) in [6.07, 6.45) is 1.45. The van der Waals surface area contributed by atoms with E-state index in [0.717, 1.165) is 16.9 Å². The van der Waals surface area contributed by atoms with Gasteiger partial charge in [-0.25, -0.2) is 4.79 Å². The molecule has 142 valence electrons. The maximum atomic E-state index is 12.2. The highest BCUT2D eigenvalue weighted by molar-refractivity contribution is 5.90. The molecular formula is C19H22N4O4. The smallest absolute Gasteiger partial charge is 0.437 e. The lowest BCUT2D eigenvalue weighted by Crippen LogP contribution is -2.30. The van der Waals surface area contributed by atoms with Crippen molar-refractivity contribution in [3.63, 3.8) is 0 Å². The zero-order chi connectivity index (χ0) is 19.4. The maximum Gasteiger partial charge on any atom is 0.437 e. The number of hydrogen-bond acceptors (Lipinski definition) is 6. The Morgan fingerprint density at radius 1 is 1.26 bits per heavy atom. The second kappa shape index (κ2) is 7.94. The number of carbonyl (C=O) groups is 1. The van der Waals surface area contributed by atoms with Crippen LogP contribution in [0.3, 0.4) is 0 Å². The number of nitrogens with one attached hydrogen (secondary N) is 1. The molecule has 1 aromatic carbocycles. The molecule has 0 aliphatic heterocycles. The minimum atomic E-state index is -0.720. The van der Waals surface area contributed by atoms with Gasteiger partial charge in [0.15, 0.2) is 5.76 Å². The molecule has 0 aliphatic carbocycles. The van der Waals surface area contributed by atoms with Crippen molar-refractivity contribution in [2.45, 2.75) is 33.4 Å². The normalized spacial score (nSPS) is 11.0. The Morgan fingerprint density at radius 3 is 2.59 bits per heavy atom. The second-order valence-electron chi connectivity index (χ2n) is 6.28. The monoisotopic (exact) mass is 370 g/mol. The van der Waals surface area contributed by atoms with Gasteiger partial charge in [-0.2, -0.15) is 4.68 Å². The van der Waals surface area contributed by atoms with Crippen molar-refractivity contribution in [3.8, 4) is 11.7 Å². The molecule has 0 unspecified atom stereocenters. The van der Waals surface area contributed by atoms with Gasteiger partial charge >= 0.3 is 5.76 Å². The molecule has 1 N–H and O–H groups in total. The van der Waals surface area contributed by atoms with Crippen LogP contribution in [0, 0.1) is 0 Å². The molecule has 0 spiro atoms. The molecule has 0 aliphatic rings. The minimum absolute atomic E-state index is 0.0375. The van der Waals surface area contributed by atoms with E-state index in [9.17, 15) is 9.59 Å². The average Bonchev–Trinajstić information content (AvgIpc) is 3.27. The van der Waals surface area contributed by atoms with Gasteiger partial charge in [-0.3, -0.25) is 4.79 Å². The van der Waals surface area contributed by atoms with Crippen LogP contribution in [0.5, 0.6) is 0 Å². The zero-order valence-electron chi connectivity index (χ0n) is 15.5. The summed E-state index contributed by atoms with van der Waals surface area (Å²) < 4.78 is 11.1. The van der Waals surface area contributed by atoms with Crippen molar-refractivity contribution in [3.05, 3.63) is 53.2 Å². The van der Waals surface area contributed by atoms with Crippen LogP contribution < -0.4 is 16.0 Å². The Bertz CT molecular complexity index is 939. The number of amides is 1. The number of aromatic nitrogens is 2. The van der Waals surface area contributed by atoms with E-state index in [1.165, 1.54) is 6.26 Å². The lowest BCUT2D eigenvalue weighted by Gasteiger charge is -2.27. The van der Waals surface area contributed by atoms with E-state index in [0.29, 0.717) is 17.5 Å². The van der Waals surface area contributed by atoms with Gasteiger partial charge in [0.05, 0.1) is 6.26 Å². The van der Waals surface area contributed by atoms with E-state index < -0.39 is 5.76 Å². The van der Waals surface area contributed by atoms with Crippen LogP contribution in [0.1, 0.15) is 20.8 Å². The summed E-state index contributed by atoms with van der Waals surface area (Å²) in [4.78, 5) is 26.3. The number of anilines is 2. The molecule has 1 amide bonds. The molecule has 0 radical (unpaired) electrons. The van der Waals surface area contributed by atoms with Crippen molar-refractivity contribution in [1.29, 1.82) is 0 Å². The third-order valence-electron chi connectivity index (χ3n) is 4.08.